The van der Waals surface area contributed by atoms with Crippen LogP contribution in [0.4, 0.5) is 5.82 Å². The van der Waals surface area contributed by atoms with E-state index in [4.69, 9.17) is 10.00 Å². The maximum absolute atomic E-state index is 12.1. The van der Waals surface area contributed by atoms with Crippen LogP contribution in [0, 0.1) is 11.3 Å². The summed E-state index contributed by atoms with van der Waals surface area (Å²) in [6.45, 7) is 3.85. The molecule has 2 N–H and O–H groups in total. The summed E-state index contributed by atoms with van der Waals surface area (Å²) < 4.78 is 6.20. The SMILES string of the molecule is CN(C)CC(=O)N[C@H]1COC2(CCN(c3cccc(C#N)n3)CC2)C[C@]1(C)O. The summed E-state index contributed by atoms with van der Waals surface area (Å²) in [6, 6.07) is 7.10. The van der Waals surface area contributed by atoms with Crippen molar-refractivity contribution in [2.45, 2.75) is 43.4 Å². The number of nitrogens with one attached hydrogen (secondary N) is 1. The number of nitriles is 1. The van der Waals surface area contributed by atoms with Gasteiger partial charge in [-0.1, -0.05) is 6.07 Å². The molecule has 0 aliphatic carbocycles. The number of amides is 1. The van der Waals surface area contributed by atoms with Gasteiger partial charge in [0.1, 0.15) is 17.6 Å². The van der Waals surface area contributed by atoms with Crippen molar-refractivity contribution in [1.29, 1.82) is 5.26 Å². The maximum Gasteiger partial charge on any atom is 0.234 e. The topological polar surface area (TPSA) is 102 Å². The minimum absolute atomic E-state index is 0.118. The van der Waals surface area contributed by atoms with Crippen LogP contribution in [-0.2, 0) is 9.53 Å². The van der Waals surface area contributed by atoms with Crippen LogP contribution in [0.5, 0.6) is 0 Å². The average molecular weight is 387 g/mol. The zero-order chi connectivity index (χ0) is 20.4. The van der Waals surface area contributed by atoms with Gasteiger partial charge in [0.15, 0.2) is 0 Å². The third kappa shape index (κ3) is 4.61. The molecule has 8 heteroatoms. The fraction of sp³-hybridized carbons (Fsp3) is 0.650. The molecule has 152 valence electrons. The number of carbonyl (C=O) groups is 1. The van der Waals surface area contributed by atoms with Gasteiger partial charge in [0.25, 0.3) is 0 Å². The molecule has 0 aromatic carbocycles. The lowest BCUT2D eigenvalue weighted by molar-refractivity contribution is -0.181. The molecule has 3 rings (SSSR count). The second-order valence-corrected chi connectivity index (χ2v) is 8.37. The van der Waals surface area contributed by atoms with Crippen LogP contribution in [0.3, 0.4) is 0 Å². The molecule has 2 aliphatic heterocycles. The van der Waals surface area contributed by atoms with Crippen molar-refractivity contribution in [3.05, 3.63) is 23.9 Å². The lowest BCUT2D eigenvalue weighted by Crippen LogP contribution is -2.64. The lowest BCUT2D eigenvalue weighted by atomic mass is 9.75. The van der Waals surface area contributed by atoms with E-state index in [0.29, 0.717) is 18.7 Å². The van der Waals surface area contributed by atoms with Gasteiger partial charge >= 0.3 is 0 Å². The second-order valence-electron chi connectivity index (χ2n) is 8.37. The van der Waals surface area contributed by atoms with Gasteiger partial charge in [-0.25, -0.2) is 4.98 Å². The zero-order valence-electron chi connectivity index (χ0n) is 16.8. The Morgan fingerprint density at radius 3 is 2.79 bits per heavy atom. The standard InChI is InChI=1S/C20H29N5O3/c1-19(27)14-20(28-13-16(19)23-18(26)12-24(2)3)7-9-25(10-8-20)17-6-4-5-15(11-21)22-17/h4-6,16,27H,7-10,12-14H2,1-3H3,(H,23,26)/t16-,19-/m0/s1. The van der Waals surface area contributed by atoms with E-state index in [1.807, 2.05) is 26.2 Å². The molecule has 0 bridgehead atoms. The van der Waals surface area contributed by atoms with Gasteiger partial charge in [0.05, 0.1) is 30.4 Å². The molecular weight excluding hydrogens is 358 g/mol. The Kier molecular flexibility index (Phi) is 5.89. The van der Waals surface area contributed by atoms with Crippen LogP contribution in [0.1, 0.15) is 31.9 Å². The highest BCUT2D eigenvalue weighted by atomic mass is 16.5. The van der Waals surface area contributed by atoms with Gasteiger partial charge in [-0.2, -0.15) is 5.26 Å². The number of aromatic nitrogens is 1. The van der Waals surface area contributed by atoms with E-state index in [1.165, 1.54) is 0 Å². The first kappa shape index (κ1) is 20.5. The number of nitrogens with zero attached hydrogens (tertiary/aromatic N) is 4. The highest BCUT2D eigenvalue weighted by Crippen LogP contribution is 2.40. The van der Waals surface area contributed by atoms with Crippen molar-refractivity contribution in [3.8, 4) is 6.07 Å². The van der Waals surface area contributed by atoms with E-state index in [9.17, 15) is 9.90 Å². The summed E-state index contributed by atoms with van der Waals surface area (Å²) in [5, 5.41) is 23.0. The molecule has 2 fully saturated rings. The van der Waals surface area contributed by atoms with E-state index >= 15 is 0 Å². The summed E-state index contributed by atoms with van der Waals surface area (Å²) >= 11 is 0. The predicted molar refractivity (Wildman–Crippen MR) is 105 cm³/mol. The van der Waals surface area contributed by atoms with E-state index in [1.54, 1.807) is 17.9 Å². The van der Waals surface area contributed by atoms with Crippen molar-refractivity contribution in [2.75, 3.05) is 45.2 Å². The molecule has 1 spiro atoms. The third-order valence-electron chi connectivity index (χ3n) is 5.63. The minimum atomic E-state index is -1.03. The van der Waals surface area contributed by atoms with Gasteiger partial charge in [-0.3, -0.25) is 4.79 Å². The fourth-order valence-electron chi connectivity index (χ4n) is 4.12. The Labute approximate surface area is 166 Å². The number of rotatable bonds is 4. The first-order chi connectivity index (χ1) is 13.2. The van der Waals surface area contributed by atoms with Crippen LogP contribution in [-0.4, -0.2) is 78.5 Å². The summed E-state index contributed by atoms with van der Waals surface area (Å²) in [5.74, 6) is 0.679. The average Bonchev–Trinajstić information content (AvgIpc) is 2.64. The number of likely N-dealkylation sites (N-methyl/N-ethyl adjacent to an activating group) is 1. The van der Waals surface area contributed by atoms with Gasteiger partial charge in [-0.05, 0) is 46.0 Å². The Morgan fingerprint density at radius 2 is 2.18 bits per heavy atom. The largest absolute Gasteiger partial charge is 0.388 e. The Morgan fingerprint density at radius 1 is 1.46 bits per heavy atom. The number of hydrogen-bond acceptors (Lipinski definition) is 7. The molecule has 1 aromatic rings. The van der Waals surface area contributed by atoms with Crippen LogP contribution in [0.25, 0.3) is 0 Å². The van der Waals surface area contributed by atoms with Crippen molar-refractivity contribution >= 4 is 11.7 Å². The number of aliphatic hydroxyl groups is 1. The van der Waals surface area contributed by atoms with E-state index in [2.05, 4.69) is 21.3 Å². The summed E-state index contributed by atoms with van der Waals surface area (Å²) in [7, 11) is 3.66. The molecule has 1 aromatic heterocycles. The summed E-state index contributed by atoms with van der Waals surface area (Å²) in [4.78, 5) is 20.4. The lowest BCUT2D eigenvalue weighted by Gasteiger charge is -2.51. The van der Waals surface area contributed by atoms with Gasteiger partial charge in [0.2, 0.25) is 5.91 Å². The monoisotopic (exact) mass is 387 g/mol. The number of hydrogen-bond donors (Lipinski definition) is 2. The highest BCUT2D eigenvalue weighted by molar-refractivity contribution is 5.78. The van der Waals surface area contributed by atoms with Crippen molar-refractivity contribution in [3.63, 3.8) is 0 Å². The number of piperidine rings is 1. The summed E-state index contributed by atoms with van der Waals surface area (Å²) in [5.41, 5.74) is -1.01. The summed E-state index contributed by atoms with van der Waals surface area (Å²) in [6.07, 6.45) is 2.01. The predicted octanol–water partition coefficient (Wildman–Crippen LogP) is 0.510. The quantitative estimate of drug-likeness (QED) is 0.776. The molecule has 2 saturated heterocycles. The van der Waals surface area contributed by atoms with Gasteiger partial charge in [-0.15, -0.1) is 0 Å². The fourth-order valence-corrected chi connectivity index (χ4v) is 4.12. The molecule has 0 radical (unpaired) electrons. The third-order valence-corrected chi connectivity index (χ3v) is 5.63. The number of anilines is 1. The Hall–Kier alpha value is -2.21. The molecule has 0 saturated carbocycles. The van der Waals surface area contributed by atoms with E-state index < -0.39 is 17.2 Å². The molecule has 2 aliphatic rings. The number of pyridine rings is 1. The van der Waals surface area contributed by atoms with Crippen LogP contribution in [0.2, 0.25) is 0 Å². The molecular formula is C20H29N5O3. The van der Waals surface area contributed by atoms with Crippen molar-refractivity contribution < 1.29 is 14.6 Å². The van der Waals surface area contributed by atoms with Crippen molar-refractivity contribution in [1.82, 2.24) is 15.2 Å². The van der Waals surface area contributed by atoms with Crippen LogP contribution < -0.4 is 10.2 Å². The first-order valence-electron chi connectivity index (χ1n) is 9.66. The highest BCUT2D eigenvalue weighted by Gasteiger charge is 2.49. The van der Waals surface area contributed by atoms with E-state index in [-0.39, 0.29) is 12.5 Å². The Balaban J connectivity index is 1.60. The minimum Gasteiger partial charge on any atom is -0.388 e. The maximum atomic E-state index is 12.1. The molecule has 8 nitrogen and oxygen atoms in total. The van der Waals surface area contributed by atoms with Crippen LogP contribution >= 0.6 is 0 Å². The zero-order valence-corrected chi connectivity index (χ0v) is 16.8. The van der Waals surface area contributed by atoms with Gasteiger partial charge in [0, 0.05) is 19.5 Å². The van der Waals surface area contributed by atoms with Gasteiger partial charge < -0.3 is 25.0 Å². The van der Waals surface area contributed by atoms with Crippen LogP contribution in [0.15, 0.2) is 18.2 Å². The molecule has 28 heavy (non-hydrogen) atoms. The molecule has 1 amide bonds. The number of ether oxygens (including phenoxy) is 1. The molecule has 0 unspecified atom stereocenters. The Bertz CT molecular complexity index is 750. The normalized spacial score (nSPS) is 26.9. The molecule has 3 heterocycles. The van der Waals surface area contributed by atoms with Crippen molar-refractivity contribution in [2.24, 2.45) is 0 Å². The first-order valence-corrected chi connectivity index (χ1v) is 9.66. The smallest absolute Gasteiger partial charge is 0.234 e. The second kappa shape index (κ2) is 8.03. The number of carbonyl (C=O) groups excluding carboxylic acids is 1. The molecule has 2 atom stereocenters. The van der Waals surface area contributed by atoms with E-state index in [0.717, 1.165) is 31.7 Å².